The molecule has 0 unspecified atom stereocenters. The van der Waals surface area contributed by atoms with Crippen LogP contribution < -0.4 is 11.5 Å². The lowest BCUT2D eigenvalue weighted by Gasteiger charge is -2.05. The molecule has 0 fully saturated rings. The van der Waals surface area contributed by atoms with E-state index in [9.17, 15) is 0 Å². The maximum atomic E-state index is 6.24. The molecule has 6 N–H and O–H groups in total. The molecule has 0 spiro atoms. The van der Waals surface area contributed by atoms with Crippen LogP contribution in [0.25, 0.3) is 21.9 Å². The maximum Gasteiger partial charge on any atom is 0.129 e. The van der Waals surface area contributed by atoms with Crippen molar-refractivity contribution >= 4 is 33.5 Å². The average molecular weight is 358 g/mol. The molecule has 4 aromatic rings. The van der Waals surface area contributed by atoms with E-state index in [0.29, 0.717) is 12.3 Å². The molecule has 0 amide bonds. The Morgan fingerprint density at radius 3 is 2.74 bits per heavy atom. The fourth-order valence-electron chi connectivity index (χ4n) is 3.31. The number of amidine groups is 1. The van der Waals surface area contributed by atoms with Gasteiger partial charge in [-0.3, -0.25) is 0 Å². The summed E-state index contributed by atoms with van der Waals surface area (Å²) in [6.45, 7) is 4.03. The number of hydrogen-bond donors (Lipinski definition) is 4. The zero-order valence-electron chi connectivity index (χ0n) is 15.4. The summed E-state index contributed by atoms with van der Waals surface area (Å²) >= 11 is 0. The largest absolute Gasteiger partial charge is 0.404 e. The predicted molar refractivity (Wildman–Crippen MR) is 111 cm³/mol. The van der Waals surface area contributed by atoms with Crippen LogP contribution in [-0.4, -0.2) is 20.8 Å². The standard InChI is InChI=1S/C21H22N6/c1-12-4-3-5-18-17(12)9-16(26-18)8-14(11-22)21(23)27-15-6-7-19-20(10-15)25-13(2)24-19/h3-7,9-11,26H,8,22H2,1-2H3,(H2,23,27)(H,24,25). The molecule has 2 aromatic carbocycles. The highest BCUT2D eigenvalue weighted by atomic mass is 14.9. The third-order valence-electron chi connectivity index (χ3n) is 4.68. The van der Waals surface area contributed by atoms with Gasteiger partial charge in [-0.05, 0) is 49.7 Å². The van der Waals surface area contributed by atoms with E-state index in [0.717, 1.165) is 39.3 Å². The van der Waals surface area contributed by atoms with Gasteiger partial charge in [-0.1, -0.05) is 12.1 Å². The van der Waals surface area contributed by atoms with E-state index >= 15 is 0 Å². The maximum absolute atomic E-state index is 6.24. The van der Waals surface area contributed by atoms with Crippen LogP contribution in [-0.2, 0) is 6.42 Å². The molecule has 0 saturated carbocycles. The van der Waals surface area contributed by atoms with Gasteiger partial charge in [-0.25, -0.2) is 9.98 Å². The summed E-state index contributed by atoms with van der Waals surface area (Å²) in [5, 5.41) is 1.21. The third kappa shape index (κ3) is 3.29. The normalized spacial score (nSPS) is 13.0. The highest BCUT2D eigenvalue weighted by molar-refractivity contribution is 5.99. The highest BCUT2D eigenvalue weighted by Gasteiger charge is 2.09. The van der Waals surface area contributed by atoms with Crippen molar-refractivity contribution in [3.05, 3.63) is 71.3 Å². The molecular formula is C21H22N6. The number of H-pyrrole nitrogens is 2. The molecule has 0 atom stereocenters. The third-order valence-corrected chi connectivity index (χ3v) is 4.68. The Kier molecular flexibility index (Phi) is 4.16. The van der Waals surface area contributed by atoms with E-state index < -0.39 is 0 Å². The van der Waals surface area contributed by atoms with Gasteiger partial charge in [0.25, 0.3) is 0 Å². The van der Waals surface area contributed by atoms with Crippen LogP contribution in [0.1, 0.15) is 17.1 Å². The second kappa shape index (κ2) is 6.64. The first kappa shape index (κ1) is 16.9. The second-order valence-corrected chi connectivity index (χ2v) is 6.72. The number of imidazole rings is 1. The molecule has 2 aromatic heterocycles. The monoisotopic (exact) mass is 358 g/mol. The Morgan fingerprint density at radius 2 is 1.96 bits per heavy atom. The van der Waals surface area contributed by atoms with Crippen LogP contribution in [0.2, 0.25) is 0 Å². The van der Waals surface area contributed by atoms with Crippen molar-refractivity contribution in [3.8, 4) is 0 Å². The van der Waals surface area contributed by atoms with Crippen LogP contribution in [0.5, 0.6) is 0 Å². The van der Waals surface area contributed by atoms with Crippen LogP contribution >= 0.6 is 0 Å². The summed E-state index contributed by atoms with van der Waals surface area (Å²) in [5.41, 5.74) is 18.9. The number of rotatable bonds is 4. The molecule has 0 bridgehead atoms. The number of aryl methyl sites for hydroxylation is 2. The van der Waals surface area contributed by atoms with Crippen molar-refractivity contribution in [2.45, 2.75) is 20.3 Å². The summed E-state index contributed by atoms with van der Waals surface area (Å²) in [6.07, 6.45) is 2.11. The average Bonchev–Trinajstić information content (AvgIpc) is 3.22. The van der Waals surface area contributed by atoms with Crippen LogP contribution in [0, 0.1) is 13.8 Å². The second-order valence-electron chi connectivity index (χ2n) is 6.72. The van der Waals surface area contributed by atoms with Crippen LogP contribution in [0.4, 0.5) is 5.69 Å². The number of aromatic amines is 2. The summed E-state index contributed by atoms with van der Waals surface area (Å²) in [5.74, 6) is 1.28. The van der Waals surface area contributed by atoms with E-state index in [1.807, 2.05) is 31.2 Å². The molecule has 4 rings (SSSR count). The lowest BCUT2D eigenvalue weighted by molar-refractivity contribution is 1.12. The molecule has 6 nitrogen and oxygen atoms in total. The minimum absolute atomic E-state index is 0.406. The first-order chi connectivity index (χ1) is 13.0. The summed E-state index contributed by atoms with van der Waals surface area (Å²) in [4.78, 5) is 15.6. The Hall–Kier alpha value is -3.54. The number of nitrogens with one attached hydrogen (secondary N) is 2. The van der Waals surface area contributed by atoms with Crippen molar-refractivity contribution in [2.75, 3.05) is 0 Å². The number of aromatic nitrogens is 3. The first-order valence-electron chi connectivity index (χ1n) is 8.82. The minimum Gasteiger partial charge on any atom is -0.404 e. The molecule has 0 aliphatic heterocycles. The van der Waals surface area contributed by atoms with Crippen molar-refractivity contribution in [2.24, 2.45) is 16.5 Å². The number of nitrogens with two attached hydrogens (primary N) is 2. The van der Waals surface area contributed by atoms with Gasteiger partial charge in [0.15, 0.2) is 0 Å². The van der Waals surface area contributed by atoms with Crippen LogP contribution in [0.15, 0.2) is 59.2 Å². The molecule has 0 aliphatic carbocycles. The van der Waals surface area contributed by atoms with Gasteiger partial charge in [-0.15, -0.1) is 0 Å². The Morgan fingerprint density at radius 1 is 1.11 bits per heavy atom. The lowest BCUT2D eigenvalue weighted by Crippen LogP contribution is -2.17. The molecular weight excluding hydrogens is 336 g/mol. The molecule has 0 aliphatic rings. The summed E-state index contributed by atoms with van der Waals surface area (Å²) < 4.78 is 0. The zero-order valence-corrected chi connectivity index (χ0v) is 15.4. The van der Waals surface area contributed by atoms with Gasteiger partial charge in [-0.2, -0.15) is 0 Å². The summed E-state index contributed by atoms with van der Waals surface area (Å²) in [7, 11) is 0. The van der Waals surface area contributed by atoms with Crippen molar-refractivity contribution in [3.63, 3.8) is 0 Å². The number of fused-ring (bicyclic) bond motifs is 2. The summed E-state index contributed by atoms with van der Waals surface area (Å²) in [6, 6.07) is 14.1. The van der Waals surface area contributed by atoms with Gasteiger partial charge >= 0.3 is 0 Å². The van der Waals surface area contributed by atoms with Gasteiger partial charge < -0.3 is 21.4 Å². The highest BCUT2D eigenvalue weighted by Crippen LogP contribution is 2.22. The van der Waals surface area contributed by atoms with E-state index in [2.05, 4.69) is 45.1 Å². The number of hydrogen-bond acceptors (Lipinski definition) is 3. The number of aliphatic imine (C=N–C) groups is 1. The topological polar surface area (TPSA) is 109 Å². The van der Waals surface area contributed by atoms with E-state index in [1.54, 1.807) is 0 Å². The molecule has 136 valence electrons. The fraction of sp³-hybridized carbons (Fsp3) is 0.143. The Bertz CT molecular complexity index is 1190. The minimum atomic E-state index is 0.406. The smallest absolute Gasteiger partial charge is 0.129 e. The molecule has 0 radical (unpaired) electrons. The molecule has 0 saturated heterocycles. The van der Waals surface area contributed by atoms with E-state index in [-0.39, 0.29) is 0 Å². The first-order valence-corrected chi connectivity index (χ1v) is 8.82. The van der Waals surface area contributed by atoms with Gasteiger partial charge in [0, 0.05) is 34.8 Å². The van der Waals surface area contributed by atoms with Crippen molar-refractivity contribution in [1.82, 2.24) is 15.0 Å². The quantitative estimate of drug-likeness (QED) is 0.329. The molecule has 6 heteroatoms. The van der Waals surface area contributed by atoms with Gasteiger partial charge in [0.2, 0.25) is 0 Å². The van der Waals surface area contributed by atoms with Gasteiger partial charge in [0.05, 0.1) is 16.7 Å². The predicted octanol–water partition coefficient (Wildman–Crippen LogP) is 3.74. The van der Waals surface area contributed by atoms with Gasteiger partial charge in [0.1, 0.15) is 11.7 Å². The molecule has 27 heavy (non-hydrogen) atoms. The molecule has 2 heterocycles. The Balaban J connectivity index is 1.62. The number of nitrogens with zero attached hydrogens (tertiary/aromatic N) is 2. The van der Waals surface area contributed by atoms with E-state index in [1.165, 1.54) is 17.1 Å². The van der Waals surface area contributed by atoms with Crippen molar-refractivity contribution < 1.29 is 0 Å². The van der Waals surface area contributed by atoms with Crippen LogP contribution in [0.3, 0.4) is 0 Å². The lowest BCUT2D eigenvalue weighted by atomic mass is 10.1. The fourth-order valence-corrected chi connectivity index (χ4v) is 3.31. The Labute approximate surface area is 157 Å². The van der Waals surface area contributed by atoms with Crippen molar-refractivity contribution in [1.29, 1.82) is 0 Å². The zero-order chi connectivity index (χ0) is 19.0. The van der Waals surface area contributed by atoms with E-state index in [4.69, 9.17) is 11.5 Å². The SMILES string of the molecule is Cc1nc2ccc(N=C(N)C(=CN)Cc3cc4c(C)cccc4[nH]3)cc2[nH]1. The number of benzene rings is 2.